The number of fused-ring (bicyclic) bond motifs is 1. The Balaban J connectivity index is 2.18. The molecule has 6 heteroatoms. The molecule has 4 atom stereocenters. The number of esters is 1. The summed E-state index contributed by atoms with van der Waals surface area (Å²) in [4.78, 5) is 11.8. The van der Waals surface area contributed by atoms with E-state index in [1.54, 1.807) is 6.92 Å². The first kappa shape index (κ1) is 16.0. The molecule has 0 fully saturated rings. The van der Waals surface area contributed by atoms with E-state index in [2.05, 4.69) is 0 Å². The number of methoxy groups -OCH3 is 1. The van der Waals surface area contributed by atoms with Gasteiger partial charge in [0.1, 0.15) is 0 Å². The number of ether oxygens (including phenoxy) is 4. The van der Waals surface area contributed by atoms with Crippen molar-refractivity contribution < 1.29 is 28.8 Å². The molecule has 1 aliphatic heterocycles. The summed E-state index contributed by atoms with van der Waals surface area (Å²) in [6.45, 7) is 4.13. The summed E-state index contributed by atoms with van der Waals surface area (Å²) in [6.07, 6.45) is 3.00. The molecule has 0 aromatic heterocycles. The van der Waals surface area contributed by atoms with Gasteiger partial charge in [0, 0.05) is 12.5 Å². The van der Waals surface area contributed by atoms with E-state index in [1.165, 1.54) is 13.4 Å². The van der Waals surface area contributed by atoms with Crippen molar-refractivity contribution >= 4 is 5.97 Å². The maximum Gasteiger partial charge on any atom is 0.337 e. The van der Waals surface area contributed by atoms with E-state index in [0.717, 1.165) is 5.57 Å². The van der Waals surface area contributed by atoms with Crippen molar-refractivity contribution in [3.05, 3.63) is 23.5 Å². The Kier molecular flexibility index (Phi) is 5.39. The Morgan fingerprint density at radius 3 is 2.95 bits per heavy atom. The van der Waals surface area contributed by atoms with Crippen molar-refractivity contribution in [2.24, 2.45) is 11.8 Å². The molecule has 0 saturated heterocycles. The summed E-state index contributed by atoms with van der Waals surface area (Å²) < 4.78 is 21.4. The van der Waals surface area contributed by atoms with Gasteiger partial charge in [-0.1, -0.05) is 6.08 Å². The predicted molar refractivity (Wildman–Crippen MR) is 73.9 cm³/mol. The summed E-state index contributed by atoms with van der Waals surface area (Å²) in [7, 11) is 1.34. The fourth-order valence-electron chi connectivity index (χ4n) is 2.88. The SMILES string of the molecule is CCOC(C)OC1OC=C(C(=O)OC)C2CC=C(CO)C12. The van der Waals surface area contributed by atoms with Crippen LogP contribution in [0, 0.1) is 11.8 Å². The number of hydrogen-bond donors (Lipinski definition) is 1. The second-order valence-corrected chi connectivity index (χ2v) is 5.03. The van der Waals surface area contributed by atoms with Crippen molar-refractivity contribution in [1.82, 2.24) is 0 Å². The number of allylic oxidation sites excluding steroid dienone is 1. The van der Waals surface area contributed by atoms with E-state index >= 15 is 0 Å². The Labute approximate surface area is 124 Å². The minimum absolute atomic E-state index is 0.0815. The molecular formula is C15H22O6. The molecule has 1 aliphatic carbocycles. The van der Waals surface area contributed by atoms with E-state index in [-0.39, 0.29) is 18.4 Å². The highest BCUT2D eigenvalue weighted by atomic mass is 16.8. The Bertz CT molecular complexity index is 441. The van der Waals surface area contributed by atoms with Crippen LogP contribution in [0.15, 0.2) is 23.5 Å². The monoisotopic (exact) mass is 298 g/mol. The van der Waals surface area contributed by atoms with Crippen molar-refractivity contribution in [2.45, 2.75) is 32.8 Å². The lowest BCUT2D eigenvalue weighted by Gasteiger charge is -2.35. The second kappa shape index (κ2) is 7.06. The molecule has 1 N–H and O–H groups in total. The molecule has 0 aromatic rings. The van der Waals surface area contributed by atoms with Gasteiger partial charge in [-0.25, -0.2) is 4.79 Å². The van der Waals surface area contributed by atoms with E-state index in [4.69, 9.17) is 18.9 Å². The van der Waals surface area contributed by atoms with Crippen molar-refractivity contribution in [2.75, 3.05) is 20.3 Å². The van der Waals surface area contributed by atoms with Crippen LogP contribution in [-0.2, 0) is 23.7 Å². The van der Waals surface area contributed by atoms with Crippen molar-refractivity contribution in [3.63, 3.8) is 0 Å². The van der Waals surface area contributed by atoms with Crippen LogP contribution in [0.3, 0.4) is 0 Å². The zero-order valence-electron chi connectivity index (χ0n) is 12.6. The first-order valence-electron chi connectivity index (χ1n) is 7.13. The first-order valence-corrected chi connectivity index (χ1v) is 7.13. The summed E-state index contributed by atoms with van der Waals surface area (Å²) in [5.41, 5.74) is 1.30. The van der Waals surface area contributed by atoms with Gasteiger partial charge in [-0.15, -0.1) is 0 Å². The molecule has 2 rings (SSSR count). The summed E-state index contributed by atoms with van der Waals surface area (Å²) >= 11 is 0. The third-order valence-electron chi connectivity index (χ3n) is 3.85. The quantitative estimate of drug-likeness (QED) is 0.453. The third kappa shape index (κ3) is 3.28. The number of carbonyl (C=O) groups is 1. The van der Waals surface area contributed by atoms with Crippen LogP contribution in [0.5, 0.6) is 0 Å². The minimum Gasteiger partial charge on any atom is -0.471 e. The van der Waals surface area contributed by atoms with Gasteiger partial charge in [0.05, 0.1) is 31.5 Å². The Morgan fingerprint density at radius 2 is 2.33 bits per heavy atom. The zero-order valence-corrected chi connectivity index (χ0v) is 12.6. The average Bonchev–Trinajstić information content (AvgIpc) is 2.91. The molecule has 0 aromatic carbocycles. The van der Waals surface area contributed by atoms with Crippen LogP contribution in [0.4, 0.5) is 0 Å². The molecular weight excluding hydrogens is 276 g/mol. The standard InChI is InChI=1S/C15H22O6/c1-4-19-9(2)21-15-13-10(7-16)5-6-11(13)12(8-20-15)14(17)18-3/h5,8-9,11,13,15-16H,4,6-7H2,1-3H3. The average molecular weight is 298 g/mol. The van der Waals surface area contributed by atoms with Gasteiger partial charge in [0.15, 0.2) is 6.29 Å². The van der Waals surface area contributed by atoms with Crippen molar-refractivity contribution in [3.8, 4) is 0 Å². The van der Waals surface area contributed by atoms with E-state index < -0.39 is 18.5 Å². The van der Waals surface area contributed by atoms with Crippen LogP contribution < -0.4 is 0 Å². The summed E-state index contributed by atoms with van der Waals surface area (Å²) in [5.74, 6) is -0.696. The largest absolute Gasteiger partial charge is 0.471 e. The highest BCUT2D eigenvalue weighted by Crippen LogP contribution is 2.43. The van der Waals surface area contributed by atoms with Gasteiger partial charge in [-0.3, -0.25) is 0 Å². The molecule has 118 valence electrons. The molecule has 1 heterocycles. The number of aliphatic hydroxyl groups excluding tert-OH is 1. The van der Waals surface area contributed by atoms with Crippen LogP contribution >= 0.6 is 0 Å². The first-order chi connectivity index (χ1) is 10.1. The highest BCUT2D eigenvalue weighted by molar-refractivity contribution is 5.89. The van der Waals surface area contributed by atoms with Gasteiger partial charge < -0.3 is 24.1 Å². The third-order valence-corrected chi connectivity index (χ3v) is 3.85. The molecule has 0 radical (unpaired) electrons. The lowest BCUT2D eigenvalue weighted by atomic mass is 9.83. The zero-order chi connectivity index (χ0) is 15.4. The lowest BCUT2D eigenvalue weighted by Crippen LogP contribution is -2.39. The maximum absolute atomic E-state index is 11.8. The van der Waals surface area contributed by atoms with Crippen molar-refractivity contribution in [1.29, 1.82) is 0 Å². The number of rotatable bonds is 6. The van der Waals surface area contributed by atoms with Gasteiger partial charge in [0.2, 0.25) is 6.29 Å². The number of aliphatic hydroxyl groups is 1. The number of carbonyl (C=O) groups excluding carboxylic acids is 1. The van der Waals surface area contributed by atoms with Gasteiger partial charge in [-0.05, 0) is 25.8 Å². The highest BCUT2D eigenvalue weighted by Gasteiger charge is 2.45. The van der Waals surface area contributed by atoms with Crippen LogP contribution in [-0.4, -0.2) is 44.0 Å². The molecule has 0 amide bonds. The molecule has 0 saturated carbocycles. The molecule has 0 bridgehead atoms. The molecule has 6 nitrogen and oxygen atoms in total. The number of hydrogen-bond acceptors (Lipinski definition) is 6. The van der Waals surface area contributed by atoms with Crippen LogP contribution in [0.25, 0.3) is 0 Å². The maximum atomic E-state index is 11.8. The lowest BCUT2D eigenvalue weighted by molar-refractivity contribution is -0.242. The normalized spacial score (nSPS) is 29.0. The molecule has 21 heavy (non-hydrogen) atoms. The molecule has 2 aliphatic rings. The summed E-state index contributed by atoms with van der Waals surface area (Å²) in [5, 5.41) is 9.50. The van der Waals surface area contributed by atoms with E-state index in [9.17, 15) is 9.90 Å². The second-order valence-electron chi connectivity index (χ2n) is 5.03. The Hall–Kier alpha value is -1.37. The topological polar surface area (TPSA) is 74.2 Å². The van der Waals surface area contributed by atoms with Crippen LogP contribution in [0.2, 0.25) is 0 Å². The smallest absolute Gasteiger partial charge is 0.337 e. The van der Waals surface area contributed by atoms with Gasteiger partial charge in [-0.2, -0.15) is 0 Å². The van der Waals surface area contributed by atoms with Crippen LogP contribution in [0.1, 0.15) is 20.3 Å². The molecule has 0 spiro atoms. The summed E-state index contributed by atoms with van der Waals surface area (Å²) in [6, 6.07) is 0. The van der Waals surface area contributed by atoms with E-state index in [0.29, 0.717) is 18.6 Å². The fourth-order valence-corrected chi connectivity index (χ4v) is 2.88. The predicted octanol–water partition coefficient (Wildman–Crippen LogP) is 1.35. The minimum atomic E-state index is -0.578. The fraction of sp³-hybridized carbons (Fsp3) is 0.667. The van der Waals surface area contributed by atoms with Gasteiger partial charge in [0.25, 0.3) is 0 Å². The van der Waals surface area contributed by atoms with Gasteiger partial charge >= 0.3 is 5.97 Å². The Morgan fingerprint density at radius 1 is 1.57 bits per heavy atom. The van der Waals surface area contributed by atoms with E-state index in [1.807, 2.05) is 13.0 Å². The molecule has 4 unspecified atom stereocenters.